The molecule has 1 aromatic carbocycles. The second kappa shape index (κ2) is 7.53. The Balaban J connectivity index is 2.93. The maximum absolute atomic E-state index is 11.8. The van der Waals surface area contributed by atoms with Gasteiger partial charge in [0.25, 0.3) is 5.91 Å². The van der Waals surface area contributed by atoms with Crippen LogP contribution >= 0.6 is 34.8 Å². The molecule has 0 heterocycles. The predicted octanol–water partition coefficient (Wildman–Crippen LogP) is 4.61. The van der Waals surface area contributed by atoms with E-state index in [1.54, 1.807) is 0 Å². The maximum Gasteiger partial charge on any atom is 0.253 e. The van der Waals surface area contributed by atoms with Crippen molar-refractivity contribution >= 4 is 40.7 Å². The molecule has 0 aliphatic carbocycles. The lowest BCUT2D eigenvalue weighted by Crippen LogP contribution is -2.53. The number of alkyl halides is 2. The quantitative estimate of drug-likeness (QED) is 0.755. The van der Waals surface area contributed by atoms with E-state index in [0.29, 0.717) is 11.4 Å². The Morgan fingerprint density at radius 1 is 1.30 bits per heavy atom. The Morgan fingerprint density at radius 3 is 2.30 bits per heavy atom. The Morgan fingerprint density at radius 2 is 1.85 bits per heavy atom. The van der Waals surface area contributed by atoms with E-state index in [1.165, 1.54) is 0 Å². The van der Waals surface area contributed by atoms with Crippen LogP contribution in [0.5, 0.6) is 0 Å². The summed E-state index contributed by atoms with van der Waals surface area (Å²) in [5.74, 6) is -0.0701. The number of amides is 1. The zero-order valence-corrected chi connectivity index (χ0v) is 14.2. The molecule has 0 radical (unpaired) electrons. The fraction of sp³-hybridized carbons (Fsp3) is 0.533. The van der Waals surface area contributed by atoms with Gasteiger partial charge in [0.1, 0.15) is 0 Å². The minimum Gasteiger partial charge on any atom is -0.348 e. The minimum atomic E-state index is -1.05. The molecule has 2 unspecified atom stereocenters. The summed E-state index contributed by atoms with van der Waals surface area (Å²) in [6.07, 6.45) is 1.64. The molecule has 0 aliphatic rings. The third-order valence-corrected chi connectivity index (χ3v) is 4.44. The Kier molecular flexibility index (Phi) is 6.63. The first kappa shape index (κ1) is 17.6. The van der Waals surface area contributed by atoms with Gasteiger partial charge in [-0.3, -0.25) is 4.79 Å². The van der Waals surface area contributed by atoms with Crippen LogP contribution in [0.15, 0.2) is 24.3 Å². The molecule has 0 saturated heterocycles. The lowest BCUT2D eigenvalue weighted by molar-refractivity contribution is -0.121. The van der Waals surface area contributed by atoms with Gasteiger partial charge in [0, 0.05) is 10.6 Å². The van der Waals surface area contributed by atoms with E-state index in [9.17, 15) is 4.79 Å². The first-order valence-electron chi connectivity index (χ1n) is 6.63. The molecule has 1 rings (SSSR count). The maximum atomic E-state index is 11.8. The Labute approximate surface area is 135 Å². The van der Waals surface area contributed by atoms with Crippen LogP contribution in [0.25, 0.3) is 0 Å². The third-order valence-electron chi connectivity index (χ3n) is 3.79. The van der Waals surface area contributed by atoms with Gasteiger partial charge in [-0.05, 0) is 37.0 Å². The topological polar surface area (TPSA) is 29.1 Å². The second-order valence-electron chi connectivity index (χ2n) is 5.32. The number of carbonyl (C=O) groups is 1. The number of halogens is 3. The Hall–Kier alpha value is -0.440. The average Bonchev–Trinajstić information content (AvgIpc) is 2.40. The predicted molar refractivity (Wildman–Crippen MR) is 86.7 cm³/mol. The molecule has 5 heteroatoms. The molecule has 0 fully saturated rings. The summed E-state index contributed by atoms with van der Waals surface area (Å²) in [6, 6.07) is 7.63. The highest BCUT2D eigenvalue weighted by molar-refractivity contribution is 6.53. The standard InChI is InChI=1S/C15H20Cl3NO/c1-4-10(2)15(3,19-14(20)13(17)18)9-11-5-7-12(16)8-6-11/h5-8,10,13H,4,9H2,1-3H3,(H,19,20). The fourth-order valence-corrected chi connectivity index (χ4v) is 2.39. The number of rotatable bonds is 6. The lowest BCUT2D eigenvalue weighted by atomic mass is 9.80. The zero-order chi connectivity index (χ0) is 15.3. The van der Waals surface area contributed by atoms with Crippen molar-refractivity contribution in [2.24, 2.45) is 5.92 Å². The molecule has 112 valence electrons. The molecule has 0 bridgehead atoms. The van der Waals surface area contributed by atoms with Crippen molar-refractivity contribution in [2.75, 3.05) is 0 Å². The van der Waals surface area contributed by atoms with Gasteiger partial charge in [0.05, 0.1) is 0 Å². The van der Waals surface area contributed by atoms with Crippen LogP contribution in [0.1, 0.15) is 32.8 Å². The van der Waals surface area contributed by atoms with Crippen molar-refractivity contribution < 1.29 is 4.79 Å². The monoisotopic (exact) mass is 335 g/mol. The molecular weight excluding hydrogens is 317 g/mol. The smallest absolute Gasteiger partial charge is 0.253 e. The van der Waals surface area contributed by atoms with Crippen LogP contribution in [0.4, 0.5) is 0 Å². The summed E-state index contributed by atoms with van der Waals surface area (Å²) < 4.78 is 0. The van der Waals surface area contributed by atoms with Crippen LogP contribution < -0.4 is 5.32 Å². The summed E-state index contributed by atoms with van der Waals surface area (Å²) in [5, 5.41) is 3.67. The van der Waals surface area contributed by atoms with Gasteiger partial charge in [-0.1, -0.05) is 67.2 Å². The van der Waals surface area contributed by atoms with Crippen LogP contribution in [-0.4, -0.2) is 16.3 Å². The van der Waals surface area contributed by atoms with E-state index in [-0.39, 0.29) is 11.8 Å². The summed E-state index contributed by atoms with van der Waals surface area (Å²) in [5.41, 5.74) is 0.708. The highest BCUT2D eigenvalue weighted by atomic mass is 35.5. The van der Waals surface area contributed by atoms with Gasteiger partial charge in [0.15, 0.2) is 4.84 Å². The van der Waals surface area contributed by atoms with Crippen LogP contribution in [0.2, 0.25) is 5.02 Å². The highest BCUT2D eigenvalue weighted by Gasteiger charge is 2.33. The first-order valence-corrected chi connectivity index (χ1v) is 7.88. The first-order chi connectivity index (χ1) is 9.28. The van der Waals surface area contributed by atoms with E-state index >= 15 is 0 Å². The van der Waals surface area contributed by atoms with Gasteiger partial charge in [-0.15, -0.1) is 0 Å². The van der Waals surface area contributed by atoms with Crippen LogP contribution in [0.3, 0.4) is 0 Å². The number of carbonyl (C=O) groups excluding carboxylic acids is 1. The van der Waals surface area contributed by atoms with Gasteiger partial charge in [-0.25, -0.2) is 0 Å². The van der Waals surface area contributed by atoms with Crippen molar-refractivity contribution in [1.82, 2.24) is 5.32 Å². The molecule has 0 aromatic heterocycles. The number of benzene rings is 1. The van der Waals surface area contributed by atoms with Gasteiger partial charge in [0.2, 0.25) is 0 Å². The van der Waals surface area contributed by atoms with Crippen LogP contribution in [-0.2, 0) is 11.2 Å². The van der Waals surface area contributed by atoms with Crippen molar-refractivity contribution in [3.63, 3.8) is 0 Å². The largest absolute Gasteiger partial charge is 0.348 e. The molecule has 1 amide bonds. The SMILES string of the molecule is CCC(C)C(C)(Cc1ccc(Cl)cc1)NC(=O)C(Cl)Cl. The minimum absolute atomic E-state index is 0.286. The van der Waals surface area contributed by atoms with E-state index in [0.717, 1.165) is 12.0 Å². The van der Waals surface area contributed by atoms with Crippen molar-refractivity contribution in [2.45, 2.75) is 44.0 Å². The van der Waals surface area contributed by atoms with Crippen molar-refractivity contribution in [1.29, 1.82) is 0 Å². The molecule has 1 N–H and O–H groups in total. The molecule has 2 atom stereocenters. The number of hydrogen-bond donors (Lipinski definition) is 1. The molecule has 2 nitrogen and oxygen atoms in total. The summed E-state index contributed by atoms with van der Waals surface area (Å²) in [6.45, 7) is 6.22. The summed E-state index contributed by atoms with van der Waals surface area (Å²) >= 11 is 17.2. The van der Waals surface area contributed by atoms with E-state index < -0.39 is 10.4 Å². The lowest BCUT2D eigenvalue weighted by Gasteiger charge is -2.37. The third kappa shape index (κ3) is 4.83. The van der Waals surface area contributed by atoms with E-state index in [4.69, 9.17) is 34.8 Å². The Bertz CT molecular complexity index is 447. The van der Waals surface area contributed by atoms with Crippen molar-refractivity contribution in [3.8, 4) is 0 Å². The van der Waals surface area contributed by atoms with Crippen LogP contribution in [0, 0.1) is 5.92 Å². The van der Waals surface area contributed by atoms with E-state index in [1.807, 2.05) is 31.2 Å². The second-order valence-corrected chi connectivity index (χ2v) is 6.85. The molecule has 20 heavy (non-hydrogen) atoms. The normalized spacial score (nSPS) is 15.8. The van der Waals surface area contributed by atoms with Crippen molar-refractivity contribution in [3.05, 3.63) is 34.9 Å². The fourth-order valence-electron chi connectivity index (χ4n) is 2.15. The molecule has 0 aliphatic heterocycles. The molecule has 1 aromatic rings. The van der Waals surface area contributed by atoms with E-state index in [2.05, 4.69) is 19.2 Å². The highest BCUT2D eigenvalue weighted by Crippen LogP contribution is 2.26. The molecular formula is C15H20Cl3NO. The molecule has 0 saturated carbocycles. The van der Waals surface area contributed by atoms with Gasteiger partial charge < -0.3 is 5.32 Å². The summed E-state index contributed by atoms with van der Waals surface area (Å²) in [4.78, 5) is 10.8. The molecule has 0 spiro atoms. The summed E-state index contributed by atoms with van der Waals surface area (Å²) in [7, 11) is 0. The van der Waals surface area contributed by atoms with Gasteiger partial charge >= 0.3 is 0 Å². The van der Waals surface area contributed by atoms with Gasteiger partial charge in [-0.2, -0.15) is 0 Å². The number of hydrogen-bond acceptors (Lipinski definition) is 1. The average molecular weight is 337 g/mol. The zero-order valence-electron chi connectivity index (χ0n) is 11.9. The number of nitrogens with one attached hydrogen (secondary N) is 1.